The second kappa shape index (κ2) is 5.58. The molecular formula is C13H17FN2S. The molecule has 0 atom stereocenters. The molecule has 0 aliphatic heterocycles. The molecule has 0 radical (unpaired) electrons. The Hall–Kier alpha value is -0.970. The van der Waals surface area contributed by atoms with E-state index < -0.39 is 0 Å². The lowest BCUT2D eigenvalue weighted by Gasteiger charge is -2.17. The van der Waals surface area contributed by atoms with Crippen LogP contribution in [-0.4, -0.2) is 24.5 Å². The van der Waals surface area contributed by atoms with E-state index in [4.69, 9.17) is 5.73 Å². The molecule has 0 unspecified atom stereocenters. The molecule has 0 aliphatic carbocycles. The fourth-order valence-electron chi connectivity index (χ4n) is 1.89. The van der Waals surface area contributed by atoms with Gasteiger partial charge in [0.2, 0.25) is 0 Å². The fraction of sp³-hybridized carbons (Fsp3) is 0.385. The monoisotopic (exact) mass is 252 g/mol. The van der Waals surface area contributed by atoms with Crippen LogP contribution >= 0.6 is 11.3 Å². The number of rotatable bonds is 5. The summed E-state index contributed by atoms with van der Waals surface area (Å²) in [5, 5.41) is 1.12. The van der Waals surface area contributed by atoms with E-state index in [9.17, 15) is 4.39 Å². The van der Waals surface area contributed by atoms with Gasteiger partial charge in [0, 0.05) is 29.2 Å². The largest absolute Gasteiger partial charge is 0.329 e. The van der Waals surface area contributed by atoms with Crippen LogP contribution < -0.4 is 5.73 Å². The minimum absolute atomic E-state index is 0.166. The molecular weight excluding hydrogens is 235 g/mol. The Labute approximate surface area is 105 Å². The molecule has 1 aromatic carbocycles. The lowest BCUT2D eigenvalue weighted by atomic mass is 10.2. The molecule has 17 heavy (non-hydrogen) atoms. The zero-order chi connectivity index (χ0) is 12.3. The van der Waals surface area contributed by atoms with Crippen molar-refractivity contribution < 1.29 is 4.39 Å². The van der Waals surface area contributed by atoms with Gasteiger partial charge in [0.25, 0.3) is 0 Å². The molecule has 1 aromatic heterocycles. The topological polar surface area (TPSA) is 29.3 Å². The molecule has 1 heterocycles. The average molecular weight is 252 g/mol. The molecule has 0 bridgehead atoms. The van der Waals surface area contributed by atoms with E-state index >= 15 is 0 Å². The van der Waals surface area contributed by atoms with Gasteiger partial charge in [0.05, 0.1) is 0 Å². The molecule has 4 heteroatoms. The number of nitrogens with two attached hydrogens (primary N) is 1. The number of benzene rings is 1. The molecule has 0 saturated carbocycles. The molecule has 0 spiro atoms. The van der Waals surface area contributed by atoms with E-state index in [2.05, 4.69) is 17.9 Å². The Kier molecular flexibility index (Phi) is 4.10. The fourth-order valence-corrected chi connectivity index (χ4v) is 3.02. The summed E-state index contributed by atoms with van der Waals surface area (Å²) in [5.74, 6) is -0.166. The van der Waals surface area contributed by atoms with Crippen molar-refractivity contribution in [1.29, 1.82) is 0 Å². The zero-order valence-corrected chi connectivity index (χ0v) is 10.8. The summed E-state index contributed by atoms with van der Waals surface area (Å²) in [7, 11) is 0. The second-order valence-corrected chi connectivity index (χ2v) is 5.22. The van der Waals surface area contributed by atoms with Crippen LogP contribution in [-0.2, 0) is 6.54 Å². The summed E-state index contributed by atoms with van der Waals surface area (Å²) >= 11 is 1.66. The van der Waals surface area contributed by atoms with Gasteiger partial charge in [-0.15, -0.1) is 11.3 Å². The first-order valence-electron chi connectivity index (χ1n) is 5.83. The summed E-state index contributed by atoms with van der Waals surface area (Å²) in [6.07, 6.45) is 0. The maximum atomic E-state index is 13.1. The smallest absolute Gasteiger partial charge is 0.124 e. The highest BCUT2D eigenvalue weighted by atomic mass is 32.1. The molecule has 2 aromatic rings. The Morgan fingerprint density at radius 1 is 1.35 bits per heavy atom. The maximum Gasteiger partial charge on any atom is 0.124 e. The Morgan fingerprint density at radius 2 is 2.18 bits per heavy atom. The zero-order valence-electron chi connectivity index (χ0n) is 9.95. The van der Waals surface area contributed by atoms with Crippen LogP contribution in [0.15, 0.2) is 24.3 Å². The van der Waals surface area contributed by atoms with Gasteiger partial charge in [-0.05, 0) is 30.1 Å². The van der Waals surface area contributed by atoms with E-state index in [1.807, 2.05) is 6.07 Å². The van der Waals surface area contributed by atoms with Gasteiger partial charge in [-0.3, -0.25) is 4.90 Å². The lowest BCUT2D eigenvalue weighted by molar-refractivity contribution is 0.291. The van der Waals surface area contributed by atoms with Crippen molar-refractivity contribution in [3.8, 4) is 0 Å². The Morgan fingerprint density at radius 3 is 2.88 bits per heavy atom. The molecule has 0 aliphatic rings. The van der Waals surface area contributed by atoms with Gasteiger partial charge in [0.15, 0.2) is 0 Å². The standard InChI is InChI=1S/C13H17FN2S/c1-2-16(6-5-15)9-12-7-10-3-4-11(14)8-13(10)17-12/h3-4,7-8H,2,5-6,9,15H2,1H3. The van der Waals surface area contributed by atoms with Crippen LogP contribution in [0, 0.1) is 5.82 Å². The molecule has 2 rings (SSSR count). The highest BCUT2D eigenvalue weighted by Crippen LogP contribution is 2.27. The van der Waals surface area contributed by atoms with E-state index in [1.54, 1.807) is 17.4 Å². The number of fused-ring (bicyclic) bond motifs is 1. The SMILES string of the molecule is CCN(CCN)Cc1cc2ccc(F)cc2s1. The van der Waals surface area contributed by atoms with Crippen LogP contribution in [0.5, 0.6) is 0 Å². The van der Waals surface area contributed by atoms with Crippen LogP contribution in [0.3, 0.4) is 0 Å². The second-order valence-electron chi connectivity index (χ2n) is 4.05. The van der Waals surface area contributed by atoms with Crippen LogP contribution in [0.25, 0.3) is 10.1 Å². The van der Waals surface area contributed by atoms with Crippen LogP contribution in [0.4, 0.5) is 4.39 Å². The normalized spacial score (nSPS) is 11.5. The first-order valence-corrected chi connectivity index (χ1v) is 6.65. The number of halogens is 1. The Bertz CT molecular complexity index is 495. The maximum absolute atomic E-state index is 13.1. The van der Waals surface area contributed by atoms with Gasteiger partial charge >= 0.3 is 0 Å². The third-order valence-corrected chi connectivity index (χ3v) is 3.89. The van der Waals surface area contributed by atoms with Gasteiger partial charge < -0.3 is 5.73 Å². The summed E-state index contributed by atoms with van der Waals surface area (Å²) in [6, 6.07) is 7.08. The van der Waals surface area contributed by atoms with Gasteiger partial charge in [-0.25, -0.2) is 4.39 Å². The van der Waals surface area contributed by atoms with Crippen LogP contribution in [0.1, 0.15) is 11.8 Å². The summed E-state index contributed by atoms with van der Waals surface area (Å²) < 4.78 is 14.1. The van der Waals surface area contributed by atoms with Crippen molar-refractivity contribution in [1.82, 2.24) is 4.90 Å². The van der Waals surface area contributed by atoms with Crippen molar-refractivity contribution in [3.05, 3.63) is 35.0 Å². The third-order valence-electron chi connectivity index (χ3n) is 2.81. The van der Waals surface area contributed by atoms with Crippen molar-refractivity contribution >= 4 is 21.4 Å². The molecule has 2 nitrogen and oxygen atoms in total. The number of thiophene rings is 1. The Balaban J connectivity index is 2.18. The quantitative estimate of drug-likeness (QED) is 0.886. The first-order chi connectivity index (χ1) is 8.22. The highest BCUT2D eigenvalue weighted by Gasteiger charge is 2.07. The minimum Gasteiger partial charge on any atom is -0.329 e. The van der Waals surface area contributed by atoms with E-state index in [1.165, 1.54) is 10.9 Å². The van der Waals surface area contributed by atoms with Crippen molar-refractivity contribution in [2.45, 2.75) is 13.5 Å². The van der Waals surface area contributed by atoms with Crippen molar-refractivity contribution in [2.75, 3.05) is 19.6 Å². The average Bonchev–Trinajstić information content (AvgIpc) is 2.69. The summed E-state index contributed by atoms with van der Waals surface area (Å²) in [5.41, 5.74) is 5.57. The highest BCUT2D eigenvalue weighted by molar-refractivity contribution is 7.19. The van der Waals surface area contributed by atoms with E-state index in [0.717, 1.165) is 29.7 Å². The number of hydrogen-bond acceptors (Lipinski definition) is 3. The predicted octanol–water partition coefficient (Wildman–Crippen LogP) is 2.82. The predicted molar refractivity (Wildman–Crippen MR) is 71.8 cm³/mol. The van der Waals surface area contributed by atoms with E-state index in [-0.39, 0.29) is 5.82 Å². The molecule has 0 saturated heterocycles. The van der Waals surface area contributed by atoms with Crippen molar-refractivity contribution in [2.24, 2.45) is 5.73 Å². The number of likely N-dealkylation sites (N-methyl/N-ethyl adjacent to an activating group) is 1. The van der Waals surface area contributed by atoms with E-state index in [0.29, 0.717) is 6.54 Å². The minimum atomic E-state index is -0.166. The molecule has 0 fully saturated rings. The molecule has 0 amide bonds. The summed E-state index contributed by atoms with van der Waals surface area (Å²) in [4.78, 5) is 3.56. The van der Waals surface area contributed by atoms with Gasteiger partial charge in [0.1, 0.15) is 5.82 Å². The molecule has 2 N–H and O–H groups in total. The van der Waals surface area contributed by atoms with Gasteiger partial charge in [-0.1, -0.05) is 13.0 Å². The first kappa shape index (κ1) is 12.5. The lowest BCUT2D eigenvalue weighted by Crippen LogP contribution is -2.28. The third kappa shape index (κ3) is 3.03. The molecule has 92 valence electrons. The number of nitrogens with zero attached hydrogens (tertiary/aromatic N) is 1. The summed E-state index contributed by atoms with van der Waals surface area (Å²) in [6.45, 7) is 5.59. The van der Waals surface area contributed by atoms with Crippen molar-refractivity contribution in [3.63, 3.8) is 0 Å². The van der Waals surface area contributed by atoms with Crippen LogP contribution in [0.2, 0.25) is 0 Å². The number of hydrogen-bond donors (Lipinski definition) is 1. The van der Waals surface area contributed by atoms with Gasteiger partial charge in [-0.2, -0.15) is 0 Å².